The molecule has 32 heavy (non-hydrogen) atoms. The van der Waals surface area contributed by atoms with Gasteiger partial charge in [-0.15, -0.1) is 0 Å². The molecule has 1 saturated heterocycles. The Morgan fingerprint density at radius 1 is 1.03 bits per heavy atom. The maximum atomic E-state index is 10.0. The van der Waals surface area contributed by atoms with Crippen molar-refractivity contribution in [3.63, 3.8) is 0 Å². The number of nitriles is 1. The van der Waals surface area contributed by atoms with Crippen LogP contribution in [0.1, 0.15) is 36.5 Å². The van der Waals surface area contributed by atoms with Crippen molar-refractivity contribution in [2.45, 2.75) is 33.1 Å². The summed E-state index contributed by atoms with van der Waals surface area (Å²) in [4.78, 5) is 13.2. The number of pyridine rings is 2. The highest BCUT2D eigenvalue weighted by Gasteiger charge is 2.29. The van der Waals surface area contributed by atoms with E-state index < -0.39 is 0 Å². The van der Waals surface area contributed by atoms with Gasteiger partial charge >= 0.3 is 0 Å². The minimum absolute atomic E-state index is 0.702. The van der Waals surface area contributed by atoms with Gasteiger partial charge in [-0.25, -0.2) is 9.97 Å². The number of hydrogen-bond acceptors (Lipinski definition) is 4. The van der Waals surface area contributed by atoms with Crippen LogP contribution in [0.5, 0.6) is 0 Å². The Kier molecular flexibility index (Phi) is 5.40. The van der Waals surface area contributed by atoms with E-state index in [4.69, 9.17) is 4.98 Å². The molecule has 0 unspecified atom stereocenters. The second-order valence-corrected chi connectivity index (χ2v) is 8.50. The van der Waals surface area contributed by atoms with Crippen molar-refractivity contribution in [2.24, 2.45) is 0 Å². The lowest BCUT2D eigenvalue weighted by Crippen LogP contribution is -2.48. The standard InChI is InChI=1S/C26H28N6/c1-3-4-9-20-19(2)21(18-27)25-29-22-10-5-6-11-23(22)32(25)26(20)31-16-14-30(15-17-31)24-12-7-8-13-28-24/h5-8,10-13H,3-4,9,14-17H2,1-2H3/p+1. The number of H-pyrrole nitrogens is 1. The maximum absolute atomic E-state index is 10.0. The monoisotopic (exact) mass is 425 g/mol. The van der Waals surface area contributed by atoms with Crippen molar-refractivity contribution in [2.75, 3.05) is 36.0 Å². The van der Waals surface area contributed by atoms with Crippen molar-refractivity contribution in [3.8, 4) is 6.07 Å². The van der Waals surface area contributed by atoms with E-state index in [1.54, 1.807) is 0 Å². The maximum Gasteiger partial charge on any atom is 0.274 e. The number of fused-ring (bicyclic) bond motifs is 3. The van der Waals surface area contributed by atoms with Crippen molar-refractivity contribution < 1.29 is 4.98 Å². The Hall–Kier alpha value is -3.59. The highest BCUT2D eigenvalue weighted by Crippen LogP contribution is 2.34. The Morgan fingerprint density at radius 3 is 2.50 bits per heavy atom. The first kappa shape index (κ1) is 20.3. The number of nitrogens with one attached hydrogen (secondary N) is 1. The van der Waals surface area contributed by atoms with Gasteiger partial charge in [-0.1, -0.05) is 31.5 Å². The van der Waals surface area contributed by atoms with E-state index in [0.29, 0.717) is 5.56 Å². The highest BCUT2D eigenvalue weighted by molar-refractivity contribution is 5.86. The SMILES string of the molecule is CCCCc1c(C)c(C#N)c2nc3ccccc3n2c1N1CCN(c2cccc[nH+]2)CC1. The van der Waals surface area contributed by atoms with Crippen LogP contribution in [0, 0.1) is 18.3 Å². The lowest BCUT2D eigenvalue weighted by molar-refractivity contribution is -0.364. The van der Waals surface area contributed by atoms with E-state index in [2.05, 4.69) is 63.4 Å². The number of aromatic amines is 1. The third-order valence-electron chi connectivity index (χ3n) is 6.60. The normalized spacial score (nSPS) is 14.3. The molecular formula is C26H29N6+. The molecule has 0 bridgehead atoms. The smallest absolute Gasteiger partial charge is 0.274 e. The molecule has 1 aliphatic rings. The van der Waals surface area contributed by atoms with Crippen LogP contribution in [-0.4, -0.2) is 35.6 Å². The van der Waals surface area contributed by atoms with Gasteiger partial charge in [-0.05, 0) is 49.1 Å². The van der Waals surface area contributed by atoms with Crippen molar-refractivity contribution in [3.05, 3.63) is 65.4 Å². The van der Waals surface area contributed by atoms with Crippen LogP contribution in [0.2, 0.25) is 0 Å². The molecular weight excluding hydrogens is 396 g/mol. The molecule has 4 aromatic rings. The summed E-state index contributed by atoms with van der Waals surface area (Å²) in [5.41, 5.74) is 5.87. The minimum Gasteiger partial charge on any atom is -0.350 e. The van der Waals surface area contributed by atoms with E-state index >= 15 is 0 Å². The first-order chi connectivity index (χ1) is 15.7. The number of rotatable bonds is 5. The Balaban J connectivity index is 1.65. The Labute approximate surface area is 188 Å². The number of nitrogens with zero attached hydrogens (tertiary/aromatic N) is 5. The van der Waals surface area contributed by atoms with Crippen LogP contribution >= 0.6 is 0 Å². The van der Waals surface area contributed by atoms with Gasteiger partial charge in [0, 0.05) is 6.07 Å². The molecule has 6 heteroatoms. The van der Waals surface area contributed by atoms with Gasteiger partial charge < -0.3 is 4.90 Å². The molecule has 0 amide bonds. The molecule has 3 aromatic heterocycles. The fourth-order valence-electron chi connectivity index (χ4n) is 4.89. The number of unbranched alkanes of at least 4 members (excludes halogenated alkanes) is 1. The van der Waals surface area contributed by atoms with E-state index in [-0.39, 0.29) is 0 Å². The van der Waals surface area contributed by atoms with Crippen molar-refractivity contribution in [1.29, 1.82) is 5.26 Å². The van der Waals surface area contributed by atoms with Gasteiger partial charge in [0.1, 0.15) is 25.0 Å². The third kappa shape index (κ3) is 3.34. The summed E-state index contributed by atoms with van der Waals surface area (Å²) < 4.78 is 2.25. The summed E-state index contributed by atoms with van der Waals surface area (Å²) in [6, 6.07) is 16.9. The lowest BCUT2D eigenvalue weighted by Gasteiger charge is -2.35. The number of hydrogen-bond donors (Lipinski definition) is 0. The molecule has 0 radical (unpaired) electrons. The van der Waals surface area contributed by atoms with E-state index in [0.717, 1.165) is 73.5 Å². The molecule has 1 N–H and O–H groups in total. The van der Waals surface area contributed by atoms with Gasteiger partial charge in [0.15, 0.2) is 5.65 Å². The summed E-state index contributed by atoms with van der Waals surface area (Å²) in [5.74, 6) is 2.38. The molecule has 162 valence electrons. The number of benzene rings is 1. The molecule has 4 heterocycles. The molecule has 1 aromatic carbocycles. The zero-order chi connectivity index (χ0) is 22.1. The molecule has 0 aliphatic carbocycles. The average Bonchev–Trinajstić information content (AvgIpc) is 3.22. The largest absolute Gasteiger partial charge is 0.350 e. The van der Waals surface area contributed by atoms with Crippen molar-refractivity contribution in [1.82, 2.24) is 9.38 Å². The van der Waals surface area contributed by atoms with Crippen molar-refractivity contribution >= 4 is 28.3 Å². The summed E-state index contributed by atoms with van der Waals surface area (Å²) in [6.07, 6.45) is 5.19. The third-order valence-corrected chi connectivity index (χ3v) is 6.60. The van der Waals surface area contributed by atoms with Gasteiger partial charge in [0.25, 0.3) is 5.82 Å². The van der Waals surface area contributed by atoms with Crippen LogP contribution in [0.15, 0.2) is 48.7 Å². The fraction of sp³-hybridized carbons (Fsp3) is 0.346. The van der Waals surface area contributed by atoms with E-state index in [1.165, 1.54) is 11.4 Å². The predicted molar refractivity (Wildman–Crippen MR) is 128 cm³/mol. The molecule has 1 fully saturated rings. The van der Waals surface area contributed by atoms with Crippen LogP contribution in [0.25, 0.3) is 16.7 Å². The van der Waals surface area contributed by atoms with E-state index in [1.807, 2.05) is 24.4 Å². The average molecular weight is 426 g/mol. The number of imidazole rings is 1. The minimum atomic E-state index is 0.702. The summed E-state index contributed by atoms with van der Waals surface area (Å²) in [5, 5.41) is 10.0. The Morgan fingerprint density at radius 2 is 1.78 bits per heavy atom. The van der Waals surface area contributed by atoms with Gasteiger partial charge in [0.2, 0.25) is 0 Å². The molecule has 5 rings (SSSR count). The number of piperazine rings is 1. The summed E-state index contributed by atoms with van der Waals surface area (Å²) >= 11 is 0. The second kappa shape index (κ2) is 8.51. The van der Waals surface area contributed by atoms with Crippen LogP contribution in [-0.2, 0) is 6.42 Å². The molecule has 6 nitrogen and oxygen atoms in total. The van der Waals surface area contributed by atoms with Crippen LogP contribution in [0.3, 0.4) is 0 Å². The Bertz CT molecular complexity index is 1290. The number of anilines is 2. The number of para-hydroxylation sites is 2. The highest BCUT2D eigenvalue weighted by atomic mass is 15.3. The summed E-state index contributed by atoms with van der Waals surface area (Å²) in [6.45, 7) is 8.06. The zero-order valence-corrected chi connectivity index (χ0v) is 18.8. The molecule has 0 spiro atoms. The topological polar surface area (TPSA) is 61.7 Å². The number of aromatic nitrogens is 3. The van der Waals surface area contributed by atoms with Crippen LogP contribution in [0.4, 0.5) is 11.6 Å². The fourth-order valence-corrected chi connectivity index (χ4v) is 4.89. The quantitative estimate of drug-likeness (QED) is 0.482. The molecule has 1 aliphatic heterocycles. The van der Waals surface area contributed by atoms with Gasteiger partial charge in [0.05, 0.1) is 35.9 Å². The second-order valence-electron chi connectivity index (χ2n) is 8.50. The first-order valence-corrected chi connectivity index (χ1v) is 11.5. The predicted octanol–water partition coefficient (Wildman–Crippen LogP) is 4.15. The zero-order valence-electron chi connectivity index (χ0n) is 18.8. The molecule has 0 atom stereocenters. The van der Waals surface area contributed by atoms with E-state index in [9.17, 15) is 5.26 Å². The van der Waals surface area contributed by atoms with Gasteiger partial charge in [-0.2, -0.15) is 5.26 Å². The van der Waals surface area contributed by atoms with Crippen LogP contribution < -0.4 is 14.8 Å². The molecule has 0 saturated carbocycles. The van der Waals surface area contributed by atoms with Gasteiger partial charge in [-0.3, -0.25) is 9.30 Å². The lowest BCUT2D eigenvalue weighted by atomic mass is 9.99. The summed E-state index contributed by atoms with van der Waals surface area (Å²) in [7, 11) is 0. The first-order valence-electron chi connectivity index (χ1n) is 11.5.